The minimum atomic E-state index is -0.318. The Morgan fingerprint density at radius 3 is 2.57 bits per heavy atom. The molecule has 4 nitrogen and oxygen atoms in total. The molecule has 1 atom stereocenters. The van der Waals surface area contributed by atoms with Gasteiger partial charge in [0, 0.05) is 19.6 Å². The molecule has 0 aliphatic carbocycles. The summed E-state index contributed by atoms with van der Waals surface area (Å²) in [6.45, 7) is 4.91. The maximum Gasteiger partial charge on any atom is 0.0936 e. The molecule has 1 aromatic rings. The summed E-state index contributed by atoms with van der Waals surface area (Å²) in [6.07, 6.45) is 1.97. The number of hydrogen-bond acceptors (Lipinski definition) is 4. The fourth-order valence-electron chi connectivity index (χ4n) is 3.27. The third-order valence-corrected chi connectivity index (χ3v) is 4.60. The van der Waals surface area contributed by atoms with Gasteiger partial charge in [-0.15, -0.1) is 0 Å². The van der Waals surface area contributed by atoms with E-state index in [2.05, 4.69) is 23.1 Å². The molecule has 0 saturated carbocycles. The number of hydrogen-bond donors (Lipinski definition) is 0. The van der Waals surface area contributed by atoms with Crippen molar-refractivity contribution in [3.05, 3.63) is 35.9 Å². The monoisotopic (exact) mass is 286 g/mol. The van der Waals surface area contributed by atoms with Crippen LogP contribution in [0.1, 0.15) is 18.4 Å². The van der Waals surface area contributed by atoms with E-state index in [-0.39, 0.29) is 11.5 Å². The van der Waals surface area contributed by atoms with Gasteiger partial charge in [-0.05, 0) is 18.4 Å². The molecule has 4 heteroatoms. The van der Waals surface area contributed by atoms with E-state index in [1.54, 1.807) is 0 Å². The van der Waals surface area contributed by atoms with Gasteiger partial charge < -0.3 is 14.4 Å². The molecule has 0 amide bonds. The number of nitrogens with zero attached hydrogens (tertiary/aromatic N) is 2. The fourth-order valence-corrected chi connectivity index (χ4v) is 3.27. The van der Waals surface area contributed by atoms with Crippen molar-refractivity contribution < 1.29 is 9.47 Å². The van der Waals surface area contributed by atoms with Crippen LogP contribution in [0.4, 0.5) is 0 Å². The van der Waals surface area contributed by atoms with Crippen LogP contribution in [0.2, 0.25) is 0 Å². The second kappa shape index (κ2) is 6.57. The first-order valence-electron chi connectivity index (χ1n) is 7.71. The topological polar surface area (TPSA) is 45.5 Å². The van der Waals surface area contributed by atoms with Crippen LogP contribution >= 0.6 is 0 Å². The third-order valence-electron chi connectivity index (χ3n) is 4.60. The van der Waals surface area contributed by atoms with E-state index < -0.39 is 0 Å². The second-order valence-electron chi connectivity index (χ2n) is 5.93. The van der Waals surface area contributed by atoms with Crippen LogP contribution in [-0.2, 0) is 14.9 Å². The Bertz CT molecular complexity index is 483. The lowest BCUT2D eigenvalue weighted by Gasteiger charge is -2.39. The zero-order valence-corrected chi connectivity index (χ0v) is 12.3. The standard InChI is InChI=1S/C17H22N2O2/c18-14-17(15-4-2-1-3-5-15)6-8-19(9-7-17)12-16-13-20-10-11-21-16/h1-5,16H,6-13H2/t16-/m0/s1. The van der Waals surface area contributed by atoms with E-state index >= 15 is 0 Å². The Hall–Kier alpha value is -1.41. The summed E-state index contributed by atoms with van der Waals surface area (Å²) in [6, 6.07) is 12.8. The summed E-state index contributed by atoms with van der Waals surface area (Å²) in [5.74, 6) is 0. The molecule has 2 saturated heterocycles. The van der Waals surface area contributed by atoms with Crippen LogP contribution in [-0.4, -0.2) is 50.5 Å². The maximum atomic E-state index is 9.69. The molecule has 0 N–H and O–H groups in total. The van der Waals surface area contributed by atoms with Crippen molar-refractivity contribution in [1.82, 2.24) is 4.90 Å². The Kier molecular flexibility index (Phi) is 4.54. The summed E-state index contributed by atoms with van der Waals surface area (Å²) in [4.78, 5) is 2.40. The van der Waals surface area contributed by atoms with Crippen LogP contribution in [0.15, 0.2) is 30.3 Å². The Morgan fingerprint density at radius 1 is 1.19 bits per heavy atom. The quantitative estimate of drug-likeness (QED) is 0.852. The minimum Gasteiger partial charge on any atom is -0.376 e. The zero-order valence-electron chi connectivity index (χ0n) is 12.3. The molecular weight excluding hydrogens is 264 g/mol. The van der Waals surface area contributed by atoms with E-state index in [1.165, 1.54) is 0 Å². The van der Waals surface area contributed by atoms with Gasteiger partial charge in [-0.25, -0.2) is 0 Å². The van der Waals surface area contributed by atoms with Gasteiger partial charge in [-0.1, -0.05) is 30.3 Å². The molecule has 0 spiro atoms. The van der Waals surface area contributed by atoms with Crippen LogP contribution in [0.25, 0.3) is 0 Å². The van der Waals surface area contributed by atoms with Crippen LogP contribution in [0.3, 0.4) is 0 Å². The van der Waals surface area contributed by atoms with Crippen molar-refractivity contribution in [3.8, 4) is 6.07 Å². The van der Waals surface area contributed by atoms with Crippen LogP contribution in [0.5, 0.6) is 0 Å². The number of ether oxygens (including phenoxy) is 2. The molecule has 0 aromatic heterocycles. The number of rotatable bonds is 3. The first-order chi connectivity index (χ1) is 10.3. The van der Waals surface area contributed by atoms with Crippen molar-refractivity contribution >= 4 is 0 Å². The summed E-state index contributed by atoms with van der Waals surface area (Å²) in [7, 11) is 0. The van der Waals surface area contributed by atoms with Crippen molar-refractivity contribution in [3.63, 3.8) is 0 Å². The first-order valence-corrected chi connectivity index (χ1v) is 7.71. The van der Waals surface area contributed by atoms with Gasteiger partial charge in [-0.2, -0.15) is 5.26 Å². The summed E-state index contributed by atoms with van der Waals surface area (Å²) in [5, 5.41) is 9.69. The van der Waals surface area contributed by atoms with Crippen LogP contribution < -0.4 is 0 Å². The van der Waals surface area contributed by atoms with E-state index in [1.807, 2.05) is 18.2 Å². The molecule has 2 heterocycles. The molecule has 2 aliphatic heterocycles. The van der Waals surface area contributed by atoms with E-state index in [9.17, 15) is 5.26 Å². The highest BCUT2D eigenvalue weighted by Gasteiger charge is 2.36. The summed E-state index contributed by atoms with van der Waals surface area (Å²) >= 11 is 0. The molecule has 1 aromatic carbocycles. The van der Waals surface area contributed by atoms with Gasteiger partial charge in [0.25, 0.3) is 0 Å². The second-order valence-corrected chi connectivity index (χ2v) is 5.93. The zero-order chi connectivity index (χ0) is 14.5. The normalized spacial score (nSPS) is 26.1. The molecular formula is C17H22N2O2. The minimum absolute atomic E-state index is 0.185. The highest BCUT2D eigenvalue weighted by molar-refractivity contribution is 5.33. The third kappa shape index (κ3) is 3.26. The Morgan fingerprint density at radius 2 is 1.95 bits per heavy atom. The number of nitriles is 1. The lowest BCUT2D eigenvalue weighted by atomic mass is 9.74. The van der Waals surface area contributed by atoms with Crippen molar-refractivity contribution in [2.24, 2.45) is 0 Å². The SMILES string of the molecule is N#CC1(c2ccccc2)CCN(C[C@H]2COCCO2)CC1. The van der Waals surface area contributed by atoms with Crippen molar-refractivity contribution in [2.45, 2.75) is 24.4 Å². The molecule has 21 heavy (non-hydrogen) atoms. The Labute approximate surface area is 126 Å². The molecule has 0 unspecified atom stereocenters. The van der Waals surface area contributed by atoms with Gasteiger partial charge in [0.1, 0.15) is 0 Å². The average Bonchev–Trinajstić information content (AvgIpc) is 2.58. The molecule has 2 aliphatic rings. The van der Waals surface area contributed by atoms with Crippen LogP contribution in [0, 0.1) is 11.3 Å². The van der Waals surface area contributed by atoms with E-state index in [0.717, 1.165) is 38.0 Å². The average molecular weight is 286 g/mol. The highest BCUT2D eigenvalue weighted by atomic mass is 16.6. The smallest absolute Gasteiger partial charge is 0.0936 e. The van der Waals surface area contributed by atoms with Gasteiger partial charge in [0.05, 0.1) is 37.4 Å². The molecule has 0 bridgehead atoms. The van der Waals surface area contributed by atoms with Gasteiger partial charge in [-0.3, -0.25) is 0 Å². The number of benzene rings is 1. The lowest BCUT2D eigenvalue weighted by molar-refractivity contribution is -0.0993. The first kappa shape index (κ1) is 14.5. The highest BCUT2D eigenvalue weighted by Crippen LogP contribution is 2.34. The number of likely N-dealkylation sites (tertiary alicyclic amines) is 1. The largest absolute Gasteiger partial charge is 0.376 e. The molecule has 112 valence electrons. The predicted molar refractivity (Wildman–Crippen MR) is 80.0 cm³/mol. The predicted octanol–water partition coefficient (Wildman–Crippen LogP) is 1.96. The summed E-state index contributed by atoms with van der Waals surface area (Å²) < 4.78 is 11.2. The maximum absolute atomic E-state index is 9.69. The molecule has 3 rings (SSSR count). The number of piperidine rings is 1. The Balaban J connectivity index is 1.59. The molecule has 0 radical (unpaired) electrons. The van der Waals surface area contributed by atoms with E-state index in [0.29, 0.717) is 19.8 Å². The van der Waals surface area contributed by atoms with Gasteiger partial charge >= 0.3 is 0 Å². The van der Waals surface area contributed by atoms with Gasteiger partial charge in [0.15, 0.2) is 0 Å². The van der Waals surface area contributed by atoms with Gasteiger partial charge in [0.2, 0.25) is 0 Å². The molecule has 2 fully saturated rings. The lowest BCUT2D eigenvalue weighted by Crippen LogP contribution is -2.47. The van der Waals surface area contributed by atoms with E-state index in [4.69, 9.17) is 9.47 Å². The van der Waals surface area contributed by atoms with Crippen molar-refractivity contribution in [2.75, 3.05) is 39.5 Å². The van der Waals surface area contributed by atoms with Crippen molar-refractivity contribution in [1.29, 1.82) is 5.26 Å². The summed E-state index contributed by atoms with van der Waals surface area (Å²) in [5.41, 5.74) is 0.839. The fraction of sp³-hybridized carbons (Fsp3) is 0.588.